The van der Waals surface area contributed by atoms with E-state index < -0.39 is 5.82 Å². The van der Waals surface area contributed by atoms with E-state index in [1.54, 1.807) is 11.7 Å². The van der Waals surface area contributed by atoms with E-state index in [-0.39, 0.29) is 16.8 Å². The van der Waals surface area contributed by atoms with Gasteiger partial charge in [-0.3, -0.25) is 9.48 Å². The third-order valence-electron chi connectivity index (χ3n) is 5.61. The first-order valence-electron chi connectivity index (χ1n) is 8.68. The molecule has 1 atom stereocenters. The van der Waals surface area contributed by atoms with Gasteiger partial charge in [-0.15, -0.1) is 0 Å². The fraction of sp³-hybridized carbons (Fsp3) is 0.444. The van der Waals surface area contributed by atoms with E-state index in [4.69, 9.17) is 17.3 Å². The third-order valence-corrected chi connectivity index (χ3v) is 5.90. The lowest BCUT2D eigenvalue weighted by atomic mass is 9.79. The maximum Gasteiger partial charge on any atom is 0.261 e. The van der Waals surface area contributed by atoms with Gasteiger partial charge in [0.1, 0.15) is 17.2 Å². The van der Waals surface area contributed by atoms with Gasteiger partial charge >= 0.3 is 0 Å². The number of carbonyl (C=O) groups is 1. The van der Waals surface area contributed by atoms with Gasteiger partial charge in [-0.1, -0.05) is 11.6 Å². The molecule has 2 aliphatic rings. The van der Waals surface area contributed by atoms with E-state index >= 15 is 0 Å². The lowest BCUT2D eigenvalue weighted by Crippen LogP contribution is -2.51. The summed E-state index contributed by atoms with van der Waals surface area (Å²) in [5, 5.41) is 10.6. The van der Waals surface area contributed by atoms with Gasteiger partial charge in [0.25, 0.3) is 5.91 Å². The standard InChI is InChI=1S/C18H21ClFN5O/c1-25-16(21)14(17(26)23-11-2-3-13(20)12(19)6-11)15(24-25)10-4-5-18(7-10)8-22-9-18/h2-3,6,10,22H,4-5,7-9,21H2,1H3,(H,23,26). The average Bonchev–Trinajstić information content (AvgIpc) is 3.14. The molecule has 138 valence electrons. The predicted octanol–water partition coefficient (Wildman–Crippen LogP) is 2.90. The number of aromatic nitrogens is 2. The number of nitrogens with zero attached hydrogens (tertiary/aromatic N) is 2. The van der Waals surface area contributed by atoms with Crippen molar-refractivity contribution >= 4 is 29.0 Å². The zero-order valence-electron chi connectivity index (χ0n) is 14.5. The molecule has 8 heteroatoms. The van der Waals surface area contributed by atoms with Gasteiger partial charge in [0, 0.05) is 31.7 Å². The molecule has 1 unspecified atom stereocenters. The van der Waals surface area contributed by atoms with Crippen LogP contribution in [0.4, 0.5) is 15.9 Å². The number of nitrogens with two attached hydrogens (primary N) is 1. The number of amides is 1. The molecule has 1 aliphatic carbocycles. The number of anilines is 2. The Balaban J connectivity index is 1.61. The second kappa shape index (κ2) is 6.25. The minimum atomic E-state index is -0.531. The van der Waals surface area contributed by atoms with Crippen molar-refractivity contribution in [2.75, 3.05) is 24.1 Å². The van der Waals surface area contributed by atoms with Crippen LogP contribution in [0.2, 0.25) is 5.02 Å². The minimum absolute atomic E-state index is 0.0441. The number of rotatable bonds is 3. The highest BCUT2D eigenvalue weighted by molar-refractivity contribution is 6.31. The summed E-state index contributed by atoms with van der Waals surface area (Å²) in [7, 11) is 1.74. The Morgan fingerprint density at radius 1 is 1.50 bits per heavy atom. The molecule has 0 bridgehead atoms. The van der Waals surface area contributed by atoms with E-state index in [0.717, 1.165) is 38.0 Å². The first-order chi connectivity index (χ1) is 12.4. The fourth-order valence-corrected chi connectivity index (χ4v) is 4.27. The third kappa shape index (κ3) is 2.85. The van der Waals surface area contributed by atoms with Gasteiger partial charge in [0.05, 0.1) is 10.7 Å². The highest BCUT2D eigenvalue weighted by Gasteiger charge is 2.45. The number of hydrogen-bond donors (Lipinski definition) is 3. The molecular formula is C18H21ClFN5O. The number of nitrogens with one attached hydrogen (secondary N) is 2. The number of benzene rings is 1. The van der Waals surface area contributed by atoms with Crippen LogP contribution in [-0.4, -0.2) is 28.8 Å². The SMILES string of the molecule is Cn1nc(C2CCC3(CNC3)C2)c(C(=O)Nc2ccc(F)c(Cl)c2)c1N. The van der Waals surface area contributed by atoms with Crippen LogP contribution in [0.3, 0.4) is 0 Å². The highest BCUT2D eigenvalue weighted by Crippen LogP contribution is 2.49. The van der Waals surface area contributed by atoms with Crippen molar-refractivity contribution in [2.45, 2.75) is 25.2 Å². The summed E-state index contributed by atoms with van der Waals surface area (Å²) in [5.74, 6) is -0.325. The van der Waals surface area contributed by atoms with Crippen molar-refractivity contribution < 1.29 is 9.18 Å². The smallest absolute Gasteiger partial charge is 0.261 e. The lowest BCUT2D eigenvalue weighted by molar-refractivity contribution is 0.102. The summed E-state index contributed by atoms with van der Waals surface area (Å²) in [5.41, 5.74) is 8.05. The molecule has 6 nitrogen and oxygen atoms in total. The summed E-state index contributed by atoms with van der Waals surface area (Å²) < 4.78 is 14.9. The number of halogens is 2. The van der Waals surface area contributed by atoms with E-state index in [9.17, 15) is 9.18 Å². The normalized spacial score (nSPS) is 21.0. The maximum absolute atomic E-state index is 13.3. The molecule has 1 spiro atoms. The molecule has 4 rings (SSSR count). The monoisotopic (exact) mass is 377 g/mol. The van der Waals surface area contributed by atoms with E-state index in [1.807, 2.05) is 0 Å². The lowest BCUT2D eigenvalue weighted by Gasteiger charge is -2.39. The van der Waals surface area contributed by atoms with Gasteiger partial charge in [-0.05, 0) is 42.9 Å². The zero-order valence-corrected chi connectivity index (χ0v) is 15.2. The molecule has 26 heavy (non-hydrogen) atoms. The first-order valence-corrected chi connectivity index (χ1v) is 9.06. The Hall–Kier alpha value is -2.12. The van der Waals surface area contributed by atoms with Crippen molar-refractivity contribution in [3.63, 3.8) is 0 Å². The Labute approximate surface area is 155 Å². The topological polar surface area (TPSA) is 85.0 Å². The van der Waals surface area contributed by atoms with E-state index in [0.29, 0.717) is 22.5 Å². The van der Waals surface area contributed by atoms with Gasteiger partial charge < -0.3 is 16.4 Å². The fourth-order valence-electron chi connectivity index (χ4n) is 4.08. The minimum Gasteiger partial charge on any atom is -0.383 e. The van der Waals surface area contributed by atoms with Crippen LogP contribution >= 0.6 is 11.6 Å². The molecule has 1 saturated carbocycles. The van der Waals surface area contributed by atoms with Crippen LogP contribution in [0.1, 0.15) is 41.2 Å². The molecule has 2 aromatic rings. The number of aryl methyl sites for hydroxylation is 1. The number of carbonyl (C=O) groups excluding carboxylic acids is 1. The van der Waals surface area contributed by atoms with Crippen molar-refractivity contribution in [3.8, 4) is 0 Å². The van der Waals surface area contributed by atoms with Crippen LogP contribution in [-0.2, 0) is 7.05 Å². The Kier molecular flexibility index (Phi) is 4.16. The number of hydrogen-bond acceptors (Lipinski definition) is 4. The molecule has 2 heterocycles. The molecule has 1 aliphatic heterocycles. The largest absolute Gasteiger partial charge is 0.383 e. The van der Waals surface area contributed by atoms with Gasteiger partial charge in [0.2, 0.25) is 0 Å². The van der Waals surface area contributed by atoms with Crippen molar-refractivity contribution in [2.24, 2.45) is 12.5 Å². The molecule has 2 fully saturated rings. The Bertz CT molecular complexity index is 877. The maximum atomic E-state index is 13.3. The van der Waals surface area contributed by atoms with Gasteiger partial charge in [-0.25, -0.2) is 4.39 Å². The number of nitrogen functional groups attached to an aromatic ring is 1. The summed E-state index contributed by atoms with van der Waals surface area (Å²) in [4.78, 5) is 12.9. The molecule has 0 radical (unpaired) electrons. The predicted molar refractivity (Wildman–Crippen MR) is 98.9 cm³/mol. The summed E-state index contributed by atoms with van der Waals surface area (Å²) in [6.45, 7) is 2.06. The summed E-state index contributed by atoms with van der Waals surface area (Å²) in [6, 6.07) is 4.07. The average molecular weight is 378 g/mol. The van der Waals surface area contributed by atoms with Crippen molar-refractivity contribution in [1.29, 1.82) is 0 Å². The molecular weight excluding hydrogens is 357 g/mol. The first kappa shape index (κ1) is 17.3. The molecule has 1 amide bonds. The highest BCUT2D eigenvalue weighted by atomic mass is 35.5. The van der Waals surface area contributed by atoms with Crippen molar-refractivity contribution in [3.05, 3.63) is 40.3 Å². The Morgan fingerprint density at radius 3 is 2.88 bits per heavy atom. The molecule has 1 aromatic heterocycles. The molecule has 4 N–H and O–H groups in total. The van der Waals surface area contributed by atoms with E-state index in [2.05, 4.69) is 15.7 Å². The second-order valence-corrected chi connectivity index (χ2v) is 7.80. The van der Waals surface area contributed by atoms with Gasteiger partial charge in [-0.2, -0.15) is 5.10 Å². The van der Waals surface area contributed by atoms with Gasteiger partial charge in [0.15, 0.2) is 0 Å². The van der Waals surface area contributed by atoms with Crippen molar-refractivity contribution in [1.82, 2.24) is 15.1 Å². The molecule has 1 saturated heterocycles. The van der Waals surface area contributed by atoms with E-state index in [1.165, 1.54) is 18.2 Å². The van der Waals surface area contributed by atoms with Crippen LogP contribution in [0.5, 0.6) is 0 Å². The summed E-state index contributed by atoms with van der Waals surface area (Å²) >= 11 is 5.79. The van der Waals surface area contributed by atoms with Crippen LogP contribution in [0, 0.1) is 11.2 Å². The van der Waals surface area contributed by atoms with Crippen LogP contribution < -0.4 is 16.4 Å². The van der Waals surface area contributed by atoms with Crippen LogP contribution in [0.15, 0.2) is 18.2 Å². The zero-order chi connectivity index (χ0) is 18.5. The quantitative estimate of drug-likeness (QED) is 0.767. The molecule has 1 aromatic carbocycles. The van der Waals surface area contributed by atoms with Crippen LogP contribution in [0.25, 0.3) is 0 Å². The second-order valence-electron chi connectivity index (χ2n) is 7.40. The summed E-state index contributed by atoms with van der Waals surface area (Å²) in [6.07, 6.45) is 3.15. The Morgan fingerprint density at radius 2 is 2.27 bits per heavy atom.